The predicted molar refractivity (Wildman–Crippen MR) is 78.2 cm³/mol. The SMILES string of the molecule is CCC1CS(=O)(=O)CC(c2nc3ccccc3s2)N1. The fourth-order valence-electron chi connectivity index (χ4n) is 2.43. The second kappa shape index (κ2) is 4.85. The van der Waals surface area contributed by atoms with Gasteiger partial charge in [0.2, 0.25) is 0 Å². The Hall–Kier alpha value is -0.980. The molecule has 2 unspecified atom stereocenters. The maximum Gasteiger partial charge on any atom is 0.153 e. The van der Waals surface area contributed by atoms with Gasteiger partial charge in [-0.25, -0.2) is 13.4 Å². The van der Waals surface area contributed by atoms with Crippen LogP contribution < -0.4 is 5.32 Å². The molecule has 1 aromatic heterocycles. The van der Waals surface area contributed by atoms with Gasteiger partial charge in [-0.2, -0.15) is 0 Å². The minimum atomic E-state index is -2.97. The average Bonchev–Trinajstić information content (AvgIpc) is 2.80. The molecule has 0 amide bonds. The molecule has 1 aliphatic rings. The van der Waals surface area contributed by atoms with Crippen molar-refractivity contribution in [2.45, 2.75) is 25.4 Å². The number of rotatable bonds is 2. The molecule has 2 aromatic rings. The fourth-order valence-corrected chi connectivity index (χ4v) is 5.40. The first-order valence-corrected chi connectivity index (χ1v) is 9.03. The maximum atomic E-state index is 12.0. The van der Waals surface area contributed by atoms with E-state index in [1.807, 2.05) is 31.2 Å². The van der Waals surface area contributed by atoms with Crippen molar-refractivity contribution in [2.75, 3.05) is 11.5 Å². The zero-order valence-corrected chi connectivity index (χ0v) is 12.3. The highest BCUT2D eigenvalue weighted by molar-refractivity contribution is 7.91. The Morgan fingerprint density at radius 3 is 2.89 bits per heavy atom. The van der Waals surface area contributed by atoms with Gasteiger partial charge in [0.15, 0.2) is 9.84 Å². The van der Waals surface area contributed by atoms with Gasteiger partial charge >= 0.3 is 0 Å². The zero-order valence-electron chi connectivity index (χ0n) is 10.7. The molecular formula is C13H16N2O2S2. The van der Waals surface area contributed by atoms with E-state index in [1.165, 1.54) is 0 Å². The standard InChI is InChI=1S/C13H16N2O2S2/c1-2-9-7-19(16,17)8-11(14-9)13-15-10-5-3-4-6-12(10)18-13/h3-6,9,11,14H,2,7-8H2,1H3. The Bertz CT molecular complexity index is 660. The van der Waals surface area contributed by atoms with Crippen molar-refractivity contribution >= 4 is 31.4 Å². The molecule has 1 fully saturated rings. The summed E-state index contributed by atoms with van der Waals surface area (Å²) >= 11 is 1.58. The molecule has 1 aliphatic heterocycles. The molecule has 4 nitrogen and oxygen atoms in total. The molecule has 0 bridgehead atoms. The number of aromatic nitrogens is 1. The second-order valence-corrected chi connectivity index (χ2v) is 8.14. The summed E-state index contributed by atoms with van der Waals surface area (Å²) in [5, 5.41) is 4.28. The fraction of sp³-hybridized carbons (Fsp3) is 0.462. The lowest BCUT2D eigenvalue weighted by molar-refractivity contribution is 0.439. The molecule has 102 valence electrons. The molecule has 0 radical (unpaired) electrons. The number of para-hydroxylation sites is 1. The monoisotopic (exact) mass is 296 g/mol. The van der Waals surface area contributed by atoms with Gasteiger partial charge in [-0.15, -0.1) is 11.3 Å². The number of hydrogen-bond donors (Lipinski definition) is 1. The molecule has 19 heavy (non-hydrogen) atoms. The van der Waals surface area contributed by atoms with E-state index >= 15 is 0 Å². The van der Waals surface area contributed by atoms with Gasteiger partial charge in [0.1, 0.15) is 5.01 Å². The minimum absolute atomic E-state index is 0.0377. The summed E-state index contributed by atoms with van der Waals surface area (Å²) in [6, 6.07) is 7.78. The molecule has 3 rings (SSSR count). The Labute approximate surface area is 116 Å². The summed E-state index contributed by atoms with van der Waals surface area (Å²) < 4.78 is 25.0. The highest BCUT2D eigenvalue weighted by atomic mass is 32.2. The molecule has 2 atom stereocenters. The molecular weight excluding hydrogens is 280 g/mol. The Morgan fingerprint density at radius 2 is 2.16 bits per heavy atom. The van der Waals surface area contributed by atoms with Crippen LogP contribution in [0, 0.1) is 0 Å². The van der Waals surface area contributed by atoms with E-state index in [2.05, 4.69) is 10.3 Å². The highest BCUT2D eigenvalue weighted by Crippen LogP contribution is 2.29. The molecule has 6 heteroatoms. The number of hydrogen-bond acceptors (Lipinski definition) is 5. The van der Waals surface area contributed by atoms with Crippen LogP contribution in [-0.2, 0) is 9.84 Å². The van der Waals surface area contributed by atoms with Gasteiger partial charge in [0.05, 0.1) is 27.8 Å². The van der Waals surface area contributed by atoms with Crippen LogP contribution in [0.25, 0.3) is 10.2 Å². The van der Waals surface area contributed by atoms with E-state index in [-0.39, 0.29) is 23.6 Å². The average molecular weight is 296 g/mol. The number of nitrogens with zero attached hydrogens (tertiary/aromatic N) is 1. The summed E-state index contributed by atoms with van der Waals surface area (Å²) in [5.41, 5.74) is 0.945. The van der Waals surface area contributed by atoms with Crippen molar-refractivity contribution < 1.29 is 8.42 Å². The molecule has 1 aromatic carbocycles. The third kappa shape index (κ3) is 2.66. The molecule has 1 saturated heterocycles. The van der Waals surface area contributed by atoms with Crippen molar-refractivity contribution in [3.8, 4) is 0 Å². The van der Waals surface area contributed by atoms with Gasteiger partial charge in [0, 0.05) is 6.04 Å². The van der Waals surface area contributed by atoms with E-state index in [0.717, 1.165) is 21.6 Å². The van der Waals surface area contributed by atoms with E-state index in [0.29, 0.717) is 0 Å². The number of sulfone groups is 1. The maximum absolute atomic E-state index is 12.0. The summed E-state index contributed by atoms with van der Waals surface area (Å²) in [7, 11) is -2.97. The van der Waals surface area contributed by atoms with Crippen LogP contribution >= 0.6 is 11.3 Å². The van der Waals surface area contributed by atoms with Crippen LogP contribution in [0.1, 0.15) is 24.4 Å². The number of thiazole rings is 1. The van der Waals surface area contributed by atoms with E-state index in [9.17, 15) is 8.42 Å². The number of fused-ring (bicyclic) bond motifs is 1. The first kappa shape index (κ1) is 13.0. The van der Waals surface area contributed by atoms with Crippen LogP contribution in [0.3, 0.4) is 0 Å². The number of nitrogens with one attached hydrogen (secondary N) is 1. The Morgan fingerprint density at radius 1 is 1.37 bits per heavy atom. The Balaban J connectivity index is 1.96. The molecule has 0 saturated carbocycles. The van der Waals surface area contributed by atoms with Crippen molar-refractivity contribution in [1.29, 1.82) is 0 Å². The zero-order chi connectivity index (χ0) is 13.5. The van der Waals surface area contributed by atoms with Crippen LogP contribution in [-0.4, -0.2) is 30.9 Å². The minimum Gasteiger partial charge on any atom is -0.303 e. The number of benzene rings is 1. The third-order valence-corrected chi connectivity index (χ3v) is 6.32. The van der Waals surface area contributed by atoms with Gasteiger partial charge in [-0.1, -0.05) is 19.1 Å². The lowest BCUT2D eigenvalue weighted by atomic mass is 10.2. The lowest BCUT2D eigenvalue weighted by Crippen LogP contribution is -2.46. The van der Waals surface area contributed by atoms with Crippen molar-refractivity contribution in [1.82, 2.24) is 10.3 Å². The van der Waals surface area contributed by atoms with E-state index in [4.69, 9.17) is 0 Å². The van der Waals surface area contributed by atoms with Crippen molar-refractivity contribution in [2.24, 2.45) is 0 Å². The topological polar surface area (TPSA) is 59.1 Å². The van der Waals surface area contributed by atoms with Gasteiger partial charge in [-0.3, -0.25) is 0 Å². The summed E-state index contributed by atoms with van der Waals surface area (Å²) in [5.74, 6) is 0.397. The second-order valence-electron chi connectivity index (χ2n) is 4.92. The smallest absolute Gasteiger partial charge is 0.153 e. The van der Waals surface area contributed by atoms with Crippen LogP contribution in [0.4, 0.5) is 0 Å². The quantitative estimate of drug-likeness (QED) is 0.922. The van der Waals surface area contributed by atoms with E-state index in [1.54, 1.807) is 11.3 Å². The first-order valence-electron chi connectivity index (χ1n) is 6.39. The molecule has 1 N–H and O–H groups in total. The summed E-state index contributed by atoms with van der Waals surface area (Å²) in [6.07, 6.45) is 0.820. The van der Waals surface area contributed by atoms with Crippen LogP contribution in [0.5, 0.6) is 0 Å². The first-order chi connectivity index (χ1) is 9.07. The molecule has 0 aliphatic carbocycles. The van der Waals surface area contributed by atoms with Gasteiger partial charge in [-0.05, 0) is 18.6 Å². The third-order valence-electron chi connectivity index (χ3n) is 3.41. The van der Waals surface area contributed by atoms with Gasteiger partial charge < -0.3 is 5.32 Å². The van der Waals surface area contributed by atoms with Crippen LogP contribution in [0.15, 0.2) is 24.3 Å². The van der Waals surface area contributed by atoms with Crippen molar-refractivity contribution in [3.63, 3.8) is 0 Å². The largest absolute Gasteiger partial charge is 0.303 e. The summed E-state index contributed by atoms with van der Waals surface area (Å²) in [4.78, 5) is 4.56. The van der Waals surface area contributed by atoms with Crippen LogP contribution in [0.2, 0.25) is 0 Å². The Kier molecular flexibility index (Phi) is 3.32. The normalized spacial score (nSPS) is 26.6. The lowest BCUT2D eigenvalue weighted by Gasteiger charge is -2.29. The van der Waals surface area contributed by atoms with Crippen molar-refractivity contribution in [3.05, 3.63) is 29.3 Å². The molecule has 0 spiro atoms. The molecule has 2 heterocycles. The predicted octanol–water partition coefficient (Wildman–Crippen LogP) is 2.13. The van der Waals surface area contributed by atoms with E-state index < -0.39 is 9.84 Å². The summed E-state index contributed by atoms with van der Waals surface area (Å²) in [6.45, 7) is 2.01. The highest BCUT2D eigenvalue weighted by Gasteiger charge is 2.32. The van der Waals surface area contributed by atoms with Gasteiger partial charge in [0.25, 0.3) is 0 Å².